The van der Waals surface area contributed by atoms with E-state index in [4.69, 9.17) is 0 Å². The second kappa shape index (κ2) is 9.76. The molecule has 1 fully saturated rings. The quantitative estimate of drug-likeness (QED) is 0.636. The molecule has 0 spiro atoms. The van der Waals surface area contributed by atoms with Gasteiger partial charge in [0.15, 0.2) is 0 Å². The van der Waals surface area contributed by atoms with Crippen LogP contribution in [-0.4, -0.2) is 63.2 Å². The summed E-state index contributed by atoms with van der Waals surface area (Å²) >= 11 is 0. The van der Waals surface area contributed by atoms with Gasteiger partial charge in [-0.05, 0) is 84.8 Å². The predicted molar refractivity (Wildman–Crippen MR) is 80.1 cm³/mol. The number of nitrogens with zero attached hydrogens (tertiary/aromatic N) is 2. The highest BCUT2D eigenvalue weighted by molar-refractivity contribution is 4.73. The summed E-state index contributed by atoms with van der Waals surface area (Å²) in [4.78, 5) is 4.99. The fourth-order valence-electron chi connectivity index (χ4n) is 2.80. The van der Waals surface area contributed by atoms with Crippen molar-refractivity contribution in [1.29, 1.82) is 0 Å². The molecule has 0 aromatic heterocycles. The van der Waals surface area contributed by atoms with Crippen LogP contribution in [0.5, 0.6) is 0 Å². The largest absolute Gasteiger partial charge is 0.317 e. The van der Waals surface area contributed by atoms with Gasteiger partial charge >= 0.3 is 0 Å². The van der Waals surface area contributed by atoms with E-state index in [1.54, 1.807) is 0 Å². The van der Waals surface area contributed by atoms with Gasteiger partial charge in [-0.3, -0.25) is 0 Å². The minimum absolute atomic E-state index is 0.933. The van der Waals surface area contributed by atoms with Gasteiger partial charge in [0.1, 0.15) is 0 Å². The molecule has 0 saturated carbocycles. The average Bonchev–Trinajstić information content (AvgIpc) is 2.35. The first-order valence-corrected chi connectivity index (χ1v) is 7.80. The van der Waals surface area contributed by atoms with Crippen LogP contribution in [0.3, 0.4) is 0 Å². The molecule has 0 unspecified atom stereocenters. The van der Waals surface area contributed by atoms with E-state index in [-0.39, 0.29) is 0 Å². The molecule has 3 heteroatoms. The second-order valence-electron chi connectivity index (χ2n) is 6.00. The maximum absolute atomic E-state index is 3.48. The summed E-state index contributed by atoms with van der Waals surface area (Å²) in [5, 5.41) is 3.48. The van der Waals surface area contributed by atoms with Gasteiger partial charge in [-0.15, -0.1) is 0 Å². The molecule has 0 aromatic carbocycles. The van der Waals surface area contributed by atoms with E-state index < -0.39 is 0 Å². The molecule has 0 bridgehead atoms. The standard InChI is InChI=1S/C15H33N3/c1-4-9-16-10-5-6-11-18-12-7-15(8-13-18)14-17(2)3/h15-16H,4-14H2,1-3H3. The van der Waals surface area contributed by atoms with E-state index in [9.17, 15) is 0 Å². The van der Waals surface area contributed by atoms with Crippen molar-refractivity contribution in [1.82, 2.24) is 15.1 Å². The van der Waals surface area contributed by atoms with Gasteiger partial charge in [-0.1, -0.05) is 6.92 Å². The van der Waals surface area contributed by atoms with Gasteiger partial charge in [0.05, 0.1) is 0 Å². The number of nitrogens with one attached hydrogen (secondary N) is 1. The number of hydrogen-bond donors (Lipinski definition) is 1. The first-order valence-electron chi connectivity index (χ1n) is 7.80. The van der Waals surface area contributed by atoms with Gasteiger partial charge < -0.3 is 15.1 Å². The fraction of sp³-hybridized carbons (Fsp3) is 1.00. The van der Waals surface area contributed by atoms with Crippen molar-refractivity contribution in [3.8, 4) is 0 Å². The van der Waals surface area contributed by atoms with Gasteiger partial charge in [0.2, 0.25) is 0 Å². The van der Waals surface area contributed by atoms with Crippen LogP contribution >= 0.6 is 0 Å². The van der Waals surface area contributed by atoms with Crippen molar-refractivity contribution in [3.05, 3.63) is 0 Å². The zero-order chi connectivity index (χ0) is 13.2. The van der Waals surface area contributed by atoms with E-state index in [0.29, 0.717) is 0 Å². The van der Waals surface area contributed by atoms with Crippen molar-refractivity contribution < 1.29 is 0 Å². The molecule has 1 aliphatic rings. The maximum atomic E-state index is 3.48. The van der Waals surface area contributed by atoms with Crippen molar-refractivity contribution in [2.24, 2.45) is 5.92 Å². The third-order valence-electron chi connectivity index (χ3n) is 3.84. The molecule has 3 nitrogen and oxygen atoms in total. The molecule has 0 amide bonds. The van der Waals surface area contributed by atoms with E-state index in [0.717, 1.165) is 5.92 Å². The first kappa shape index (κ1) is 15.9. The lowest BCUT2D eigenvalue weighted by molar-refractivity contribution is 0.160. The van der Waals surface area contributed by atoms with Crippen LogP contribution in [0.4, 0.5) is 0 Å². The summed E-state index contributed by atoms with van der Waals surface area (Å²) in [6.45, 7) is 9.82. The molecule has 0 aliphatic carbocycles. The number of rotatable bonds is 9. The summed E-state index contributed by atoms with van der Waals surface area (Å²) in [6.07, 6.45) is 6.73. The second-order valence-corrected chi connectivity index (χ2v) is 6.00. The summed E-state index contributed by atoms with van der Waals surface area (Å²) in [5.41, 5.74) is 0. The van der Waals surface area contributed by atoms with Crippen molar-refractivity contribution >= 4 is 0 Å². The normalized spacial score (nSPS) is 18.7. The molecule has 0 atom stereocenters. The Balaban J connectivity index is 1.95. The molecule has 0 aromatic rings. The summed E-state index contributed by atoms with van der Waals surface area (Å²) in [7, 11) is 4.38. The Kier molecular flexibility index (Phi) is 8.64. The van der Waals surface area contributed by atoms with Gasteiger partial charge in [0.25, 0.3) is 0 Å². The van der Waals surface area contributed by atoms with Crippen LogP contribution in [0.25, 0.3) is 0 Å². The first-order chi connectivity index (χ1) is 8.72. The van der Waals surface area contributed by atoms with E-state index in [2.05, 4.69) is 36.1 Å². The van der Waals surface area contributed by atoms with Crippen LogP contribution in [0.2, 0.25) is 0 Å². The zero-order valence-corrected chi connectivity index (χ0v) is 12.7. The summed E-state index contributed by atoms with van der Waals surface area (Å²) in [5.74, 6) is 0.933. The van der Waals surface area contributed by atoms with Crippen LogP contribution in [0.15, 0.2) is 0 Å². The monoisotopic (exact) mass is 255 g/mol. The van der Waals surface area contributed by atoms with Crippen LogP contribution in [0, 0.1) is 5.92 Å². The van der Waals surface area contributed by atoms with Crippen molar-refractivity contribution in [2.45, 2.75) is 39.0 Å². The minimum atomic E-state index is 0.933. The van der Waals surface area contributed by atoms with E-state index in [1.165, 1.54) is 71.4 Å². The van der Waals surface area contributed by atoms with Crippen LogP contribution in [0.1, 0.15) is 39.0 Å². The molecule has 1 saturated heterocycles. The lowest BCUT2D eigenvalue weighted by atomic mass is 9.96. The lowest BCUT2D eigenvalue weighted by Gasteiger charge is -2.33. The van der Waals surface area contributed by atoms with Crippen molar-refractivity contribution in [2.75, 3.05) is 53.4 Å². The number of likely N-dealkylation sites (tertiary alicyclic amines) is 1. The molecule has 18 heavy (non-hydrogen) atoms. The Labute approximate surface area is 114 Å². The number of piperidine rings is 1. The van der Waals surface area contributed by atoms with Crippen LogP contribution in [-0.2, 0) is 0 Å². The topological polar surface area (TPSA) is 18.5 Å². The Morgan fingerprint density at radius 2 is 1.83 bits per heavy atom. The molecule has 1 rings (SSSR count). The molecule has 0 radical (unpaired) electrons. The summed E-state index contributed by atoms with van der Waals surface area (Å²) < 4.78 is 0. The Bertz CT molecular complexity index is 186. The van der Waals surface area contributed by atoms with Gasteiger partial charge in [-0.25, -0.2) is 0 Å². The zero-order valence-electron chi connectivity index (χ0n) is 12.7. The average molecular weight is 255 g/mol. The lowest BCUT2D eigenvalue weighted by Crippen LogP contribution is -2.37. The third-order valence-corrected chi connectivity index (χ3v) is 3.84. The van der Waals surface area contributed by atoms with Crippen LogP contribution < -0.4 is 5.32 Å². The molecule has 1 N–H and O–H groups in total. The number of hydrogen-bond acceptors (Lipinski definition) is 3. The third kappa shape index (κ3) is 7.34. The van der Waals surface area contributed by atoms with E-state index >= 15 is 0 Å². The van der Waals surface area contributed by atoms with Gasteiger partial charge in [-0.2, -0.15) is 0 Å². The molecular formula is C15H33N3. The summed E-state index contributed by atoms with van der Waals surface area (Å²) in [6, 6.07) is 0. The Hall–Kier alpha value is -0.120. The van der Waals surface area contributed by atoms with Gasteiger partial charge in [0, 0.05) is 6.54 Å². The highest BCUT2D eigenvalue weighted by Crippen LogP contribution is 2.17. The number of unbranched alkanes of at least 4 members (excludes halogenated alkanes) is 1. The Morgan fingerprint density at radius 3 is 2.44 bits per heavy atom. The SMILES string of the molecule is CCCNCCCCN1CCC(CN(C)C)CC1. The fourth-order valence-corrected chi connectivity index (χ4v) is 2.80. The minimum Gasteiger partial charge on any atom is -0.317 e. The maximum Gasteiger partial charge on any atom is 0.000451 e. The Morgan fingerprint density at radius 1 is 1.11 bits per heavy atom. The van der Waals surface area contributed by atoms with E-state index in [1.807, 2.05) is 0 Å². The van der Waals surface area contributed by atoms with Crippen molar-refractivity contribution in [3.63, 3.8) is 0 Å². The molecule has 1 heterocycles. The molecular weight excluding hydrogens is 222 g/mol. The molecule has 1 aliphatic heterocycles. The highest BCUT2D eigenvalue weighted by atomic mass is 15.1. The predicted octanol–water partition coefficient (Wildman–Crippen LogP) is 2.04. The highest BCUT2D eigenvalue weighted by Gasteiger charge is 2.18. The molecule has 108 valence electrons. The smallest absolute Gasteiger partial charge is 0.000451 e.